The first-order chi connectivity index (χ1) is 6.79. The van der Waals surface area contributed by atoms with Gasteiger partial charge in [0.1, 0.15) is 0 Å². The Morgan fingerprint density at radius 1 is 0.500 bits per heavy atom. The molecule has 0 amide bonds. The van der Waals surface area contributed by atoms with Gasteiger partial charge in [-0.25, -0.2) is 0 Å². The highest BCUT2D eigenvalue weighted by molar-refractivity contribution is 8.77. The summed E-state index contributed by atoms with van der Waals surface area (Å²) in [6, 6.07) is 0. The molecule has 0 heterocycles. The molecule has 0 aliphatic carbocycles. The van der Waals surface area contributed by atoms with Gasteiger partial charge in [0.05, 0.1) is 0 Å². The molecule has 0 spiro atoms. The van der Waals surface area contributed by atoms with Gasteiger partial charge in [-0.3, -0.25) is 0 Å². The minimum Gasteiger partial charge on any atom is -0.178 e. The topological polar surface area (TPSA) is 0 Å². The van der Waals surface area contributed by atoms with Crippen molar-refractivity contribution in [3.63, 3.8) is 0 Å². The van der Waals surface area contributed by atoms with E-state index < -0.39 is 0 Å². The summed E-state index contributed by atoms with van der Waals surface area (Å²) < 4.78 is 1.61. The standard InChI is InChI=1S/C12H27BS3/c1-10(2,3)14-13(15-11(4,5)6)16-12(7,8)9/h1-9H3. The van der Waals surface area contributed by atoms with Crippen molar-refractivity contribution in [2.75, 3.05) is 0 Å². The lowest BCUT2D eigenvalue weighted by Crippen LogP contribution is -2.24. The molecule has 0 radical (unpaired) electrons. The third kappa shape index (κ3) is 11.6. The fourth-order valence-corrected chi connectivity index (χ4v) is 8.44. The fraction of sp³-hybridized carbons (Fsp3) is 1.00. The van der Waals surface area contributed by atoms with Crippen LogP contribution in [-0.4, -0.2) is 18.8 Å². The van der Waals surface area contributed by atoms with E-state index in [0.717, 1.165) is 0 Å². The molecule has 0 nitrogen and oxygen atoms in total. The van der Waals surface area contributed by atoms with Crippen LogP contribution in [0.5, 0.6) is 0 Å². The van der Waals surface area contributed by atoms with E-state index in [2.05, 4.69) is 97.2 Å². The molecular weight excluding hydrogens is 251 g/mol. The first-order valence-corrected chi connectivity index (χ1v) is 8.46. The molecule has 0 bridgehead atoms. The fourth-order valence-electron chi connectivity index (χ4n) is 0.938. The Morgan fingerprint density at radius 3 is 0.812 bits per heavy atom. The van der Waals surface area contributed by atoms with Gasteiger partial charge < -0.3 is 0 Å². The Morgan fingerprint density at radius 2 is 0.688 bits per heavy atom. The van der Waals surface area contributed by atoms with Crippen molar-refractivity contribution in [1.29, 1.82) is 0 Å². The monoisotopic (exact) mass is 278 g/mol. The zero-order valence-electron chi connectivity index (χ0n) is 12.3. The zero-order chi connectivity index (χ0) is 13.2. The minimum absolute atomic E-state index is 0.334. The third-order valence-electron chi connectivity index (χ3n) is 1.35. The summed E-state index contributed by atoms with van der Waals surface area (Å²) in [5.74, 6) is 0. The molecule has 0 rings (SSSR count). The molecule has 0 saturated carbocycles. The van der Waals surface area contributed by atoms with E-state index in [1.54, 1.807) is 0 Å². The Hall–Kier alpha value is 1.11. The quantitative estimate of drug-likeness (QED) is 0.620. The largest absolute Gasteiger partial charge is 0.343 e. The lowest BCUT2D eigenvalue weighted by molar-refractivity contribution is 0.806. The van der Waals surface area contributed by atoms with E-state index in [9.17, 15) is 0 Å². The van der Waals surface area contributed by atoms with Gasteiger partial charge in [0.25, 0.3) is 0 Å². The van der Waals surface area contributed by atoms with Crippen LogP contribution in [0.1, 0.15) is 62.3 Å². The average Bonchev–Trinajstić information content (AvgIpc) is 1.70. The van der Waals surface area contributed by atoms with Crippen LogP contribution < -0.4 is 0 Å². The second-order valence-corrected chi connectivity index (χ2v) is 13.7. The maximum Gasteiger partial charge on any atom is 0.343 e. The summed E-state index contributed by atoms with van der Waals surface area (Å²) in [5, 5.41) is 0. The highest BCUT2D eigenvalue weighted by atomic mass is 32.3. The van der Waals surface area contributed by atoms with Crippen molar-refractivity contribution in [3.8, 4) is 0 Å². The van der Waals surface area contributed by atoms with Gasteiger partial charge in [0.15, 0.2) is 0 Å². The molecule has 4 heteroatoms. The van der Waals surface area contributed by atoms with Gasteiger partial charge in [-0.15, -0.1) is 0 Å². The van der Waals surface area contributed by atoms with Crippen LogP contribution in [-0.2, 0) is 0 Å². The Kier molecular flexibility index (Phi) is 6.24. The van der Waals surface area contributed by atoms with E-state index in [4.69, 9.17) is 0 Å². The molecule has 0 aromatic heterocycles. The van der Waals surface area contributed by atoms with Crippen molar-refractivity contribution < 1.29 is 0 Å². The lowest BCUT2D eigenvalue weighted by Gasteiger charge is -2.31. The van der Waals surface area contributed by atoms with Gasteiger partial charge in [-0.2, -0.15) is 34.8 Å². The van der Waals surface area contributed by atoms with Crippen molar-refractivity contribution in [2.45, 2.75) is 76.6 Å². The molecule has 0 fully saturated rings. The molecular formula is C12H27BS3. The normalized spacial score (nSPS) is 14.1. The summed E-state index contributed by atoms with van der Waals surface area (Å²) in [7, 11) is 0. The molecule has 0 aromatic carbocycles. The maximum absolute atomic E-state index is 2.30. The number of rotatable bonds is 3. The predicted molar refractivity (Wildman–Crippen MR) is 87.8 cm³/mol. The van der Waals surface area contributed by atoms with E-state index in [1.165, 1.54) is 0 Å². The average molecular weight is 278 g/mol. The van der Waals surface area contributed by atoms with Crippen LogP contribution in [0.3, 0.4) is 0 Å². The van der Waals surface area contributed by atoms with Crippen molar-refractivity contribution in [2.24, 2.45) is 0 Å². The van der Waals surface area contributed by atoms with Crippen LogP contribution >= 0.6 is 34.8 Å². The highest BCUT2D eigenvalue weighted by Crippen LogP contribution is 2.46. The molecule has 0 aliphatic heterocycles. The number of hydrogen-bond acceptors (Lipinski definition) is 3. The summed E-state index contributed by atoms with van der Waals surface area (Å²) in [6.07, 6.45) is 0. The van der Waals surface area contributed by atoms with Crippen LogP contribution in [0.15, 0.2) is 0 Å². The van der Waals surface area contributed by atoms with Gasteiger partial charge in [0, 0.05) is 0 Å². The molecule has 16 heavy (non-hydrogen) atoms. The van der Waals surface area contributed by atoms with Crippen LogP contribution in [0.25, 0.3) is 0 Å². The van der Waals surface area contributed by atoms with Gasteiger partial charge in [0.2, 0.25) is 0 Å². The zero-order valence-corrected chi connectivity index (χ0v) is 14.8. The van der Waals surface area contributed by atoms with Crippen LogP contribution in [0.2, 0.25) is 0 Å². The van der Waals surface area contributed by atoms with Gasteiger partial charge in [-0.1, -0.05) is 62.3 Å². The Labute approximate surface area is 116 Å². The third-order valence-corrected chi connectivity index (χ3v) is 5.78. The van der Waals surface area contributed by atoms with Gasteiger partial charge in [-0.05, 0) is 14.2 Å². The molecule has 0 N–H and O–H groups in total. The van der Waals surface area contributed by atoms with E-state index >= 15 is 0 Å². The SMILES string of the molecule is CC(C)(C)SB(SC(C)(C)C)SC(C)(C)C. The predicted octanol–water partition coefficient (Wildman–Crippen LogP) is 5.57. The van der Waals surface area contributed by atoms with Crippen molar-refractivity contribution in [3.05, 3.63) is 0 Å². The smallest absolute Gasteiger partial charge is 0.178 e. The van der Waals surface area contributed by atoms with Crippen molar-refractivity contribution in [1.82, 2.24) is 0 Å². The molecule has 0 saturated heterocycles. The lowest BCUT2D eigenvalue weighted by atomic mass is 10.2. The second kappa shape index (κ2) is 5.84. The van der Waals surface area contributed by atoms with Crippen LogP contribution in [0.4, 0.5) is 0 Å². The van der Waals surface area contributed by atoms with Crippen LogP contribution in [0, 0.1) is 0 Å². The summed E-state index contributed by atoms with van der Waals surface area (Å²) in [4.78, 5) is 0. The molecule has 0 unspecified atom stereocenters. The Bertz CT molecular complexity index is 170. The maximum atomic E-state index is 2.30. The molecule has 96 valence electrons. The second-order valence-electron chi connectivity index (χ2n) is 6.98. The first-order valence-electron chi connectivity index (χ1n) is 5.82. The summed E-state index contributed by atoms with van der Waals surface area (Å²) >= 11 is 6.24. The molecule has 0 atom stereocenters. The minimum atomic E-state index is 0.334. The molecule has 0 aromatic rings. The molecule has 0 aliphatic rings. The van der Waals surface area contributed by atoms with Crippen molar-refractivity contribution >= 4 is 39.4 Å². The summed E-state index contributed by atoms with van der Waals surface area (Å²) in [5.41, 5.74) is 0. The van der Waals surface area contributed by atoms with E-state index in [0.29, 0.717) is 18.8 Å². The first kappa shape index (κ1) is 17.1. The van der Waals surface area contributed by atoms with E-state index in [1.807, 2.05) is 0 Å². The number of hydrogen-bond donors (Lipinski definition) is 0. The summed E-state index contributed by atoms with van der Waals surface area (Å²) in [6.45, 7) is 20.7. The Balaban J connectivity index is 4.53. The van der Waals surface area contributed by atoms with E-state index in [-0.39, 0.29) is 0 Å². The highest BCUT2D eigenvalue weighted by Gasteiger charge is 2.32. The van der Waals surface area contributed by atoms with Gasteiger partial charge >= 0.3 is 4.55 Å².